The lowest BCUT2D eigenvalue weighted by molar-refractivity contribution is -0.146. The van der Waals surface area contributed by atoms with Gasteiger partial charge in [-0.2, -0.15) is 0 Å². The quantitative estimate of drug-likeness (QED) is 0.567. The predicted octanol–water partition coefficient (Wildman–Crippen LogP) is 4.48. The second-order valence-corrected chi connectivity index (χ2v) is 7.03. The maximum absolute atomic E-state index is 13.1. The molecule has 7 heteroatoms. The first-order chi connectivity index (χ1) is 12.9. The number of carbonyl (C=O) groups excluding carboxylic acids is 1. The summed E-state index contributed by atoms with van der Waals surface area (Å²) in [5.74, 6) is -0.424. The fourth-order valence-corrected chi connectivity index (χ4v) is 3.45. The van der Waals surface area contributed by atoms with Gasteiger partial charge in [0.1, 0.15) is 6.04 Å². The van der Waals surface area contributed by atoms with Crippen molar-refractivity contribution in [1.29, 1.82) is 0 Å². The highest BCUT2D eigenvalue weighted by Gasteiger charge is 2.23. The van der Waals surface area contributed by atoms with Gasteiger partial charge in [0.15, 0.2) is 0 Å². The summed E-state index contributed by atoms with van der Waals surface area (Å²) >= 11 is 12.0. The zero-order valence-corrected chi connectivity index (χ0v) is 16.6. The SMILES string of the molecule is CCOC(=O)C(C)n1c(=O)n(CCc2ccc(Cl)c(Cl)c2)c2ccccc21. The second kappa shape index (κ2) is 8.19. The summed E-state index contributed by atoms with van der Waals surface area (Å²) in [7, 11) is 0. The van der Waals surface area contributed by atoms with Crippen LogP contribution in [0.4, 0.5) is 0 Å². The molecule has 0 aliphatic rings. The van der Waals surface area contributed by atoms with Gasteiger partial charge in [-0.15, -0.1) is 0 Å². The molecule has 0 fully saturated rings. The number of rotatable bonds is 6. The molecule has 27 heavy (non-hydrogen) atoms. The van der Waals surface area contributed by atoms with Gasteiger partial charge in [-0.3, -0.25) is 9.13 Å². The van der Waals surface area contributed by atoms with E-state index in [0.29, 0.717) is 28.5 Å². The largest absolute Gasteiger partial charge is 0.464 e. The summed E-state index contributed by atoms with van der Waals surface area (Å²) in [6.45, 7) is 4.15. The number of benzene rings is 2. The molecule has 0 radical (unpaired) electrons. The van der Waals surface area contributed by atoms with Crippen molar-refractivity contribution in [2.45, 2.75) is 32.9 Å². The fraction of sp³-hybridized carbons (Fsp3) is 0.300. The minimum Gasteiger partial charge on any atom is -0.464 e. The molecule has 0 aliphatic carbocycles. The number of aryl methyl sites for hydroxylation is 2. The van der Waals surface area contributed by atoms with Gasteiger partial charge < -0.3 is 4.74 Å². The smallest absolute Gasteiger partial charge is 0.329 e. The first kappa shape index (κ1) is 19.5. The maximum atomic E-state index is 13.1. The van der Waals surface area contributed by atoms with E-state index in [4.69, 9.17) is 27.9 Å². The van der Waals surface area contributed by atoms with Crippen LogP contribution in [0.3, 0.4) is 0 Å². The van der Waals surface area contributed by atoms with Crippen LogP contribution >= 0.6 is 23.2 Å². The highest BCUT2D eigenvalue weighted by molar-refractivity contribution is 6.42. The van der Waals surface area contributed by atoms with E-state index in [0.717, 1.165) is 11.1 Å². The minimum absolute atomic E-state index is 0.239. The number of ether oxygens (including phenoxy) is 1. The molecule has 1 heterocycles. The van der Waals surface area contributed by atoms with Gasteiger partial charge in [-0.25, -0.2) is 9.59 Å². The first-order valence-electron chi connectivity index (χ1n) is 8.74. The molecule has 0 saturated heterocycles. The Balaban J connectivity index is 1.98. The number of halogens is 2. The summed E-state index contributed by atoms with van der Waals surface area (Å²) in [4.78, 5) is 25.2. The van der Waals surface area contributed by atoms with Crippen LogP contribution in [0.5, 0.6) is 0 Å². The van der Waals surface area contributed by atoms with Crippen molar-refractivity contribution in [2.75, 3.05) is 6.61 Å². The van der Waals surface area contributed by atoms with E-state index in [9.17, 15) is 9.59 Å². The molecule has 1 aromatic heterocycles. The van der Waals surface area contributed by atoms with Crippen LogP contribution < -0.4 is 5.69 Å². The van der Waals surface area contributed by atoms with Gasteiger partial charge in [0.25, 0.3) is 0 Å². The molecule has 3 rings (SSSR count). The van der Waals surface area contributed by atoms with Gasteiger partial charge in [-0.05, 0) is 50.1 Å². The van der Waals surface area contributed by atoms with Gasteiger partial charge in [0.2, 0.25) is 0 Å². The topological polar surface area (TPSA) is 53.2 Å². The van der Waals surface area contributed by atoms with E-state index in [1.54, 1.807) is 30.5 Å². The van der Waals surface area contributed by atoms with Crippen molar-refractivity contribution < 1.29 is 9.53 Å². The summed E-state index contributed by atoms with van der Waals surface area (Å²) in [5, 5.41) is 0.984. The van der Waals surface area contributed by atoms with Crippen molar-refractivity contribution in [2.24, 2.45) is 0 Å². The molecule has 5 nitrogen and oxygen atoms in total. The number of para-hydroxylation sites is 2. The number of hydrogen-bond acceptors (Lipinski definition) is 3. The van der Waals surface area contributed by atoms with Crippen molar-refractivity contribution in [3.63, 3.8) is 0 Å². The van der Waals surface area contributed by atoms with Crippen LogP contribution in [0.1, 0.15) is 25.5 Å². The van der Waals surface area contributed by atoms with Crippen molar-refractivity contribution >= 4 is 40.2 Å². The van der Waals surface area contributed by atoms with Crippen LogP contribution in [0.15, 0.2) is 47.3 Å². The molecule has 0 aliphatic heterocycles. The van der Waals surface area contributed by atoms with Crippen LogP contribution in [0.2, 0.25) is 10.0 Å². The van der Waals surface area contributed by atoms with E-state index in [1.807, 2.05) is 30.3 Å². The summed E-state index contributed by atoms with van der Waals surface area (Å²) in [5.41, 5.74) is 2.22. The van der Waals surface area contributed by atoms with Crippen LogP contribution in [-0.2, 0) is 22.5 Å². The molecular weight excluding hydrogens is 387 g/mol. The number of aromatic nitrogens is 2. The van der Waals surface area contributed by atoms with E-state index >= 15 is 0 Å². The number of nitrogens with zero attached hydrogens (tertiary/aromatic N) is 2. The molecular formula is C20H20Cl2N2O3. The molecule has 0 amide bonds. The Kier molecular flexibility index (Phi) is 5.92. The summed E-state index contributed by atoms with van der Waals surface area (Å²) < 4.78 is 8.25. The Morgan fingerprint density at radius 1 is 1.11 bits per heavy atom. The number of hydrogen-bond donors (Lipinski definition) is 0. The van der Waals surface area contributed by atoms with Gasteiger partial charge in [0, 0.05) is 6.54 Å². The van der Waals surface area contributed by atoms with Crippen molar-refractivity contribution in [1.82, 2.24) is 9.13 Å². The molecule has 1 unspecified atom stereocenters. The third-order valence-corrected chi connectivity index (χ3v) is 5.23. The molecule has 3 aromatic rings. The number of imidazole rings is 1. The lowest BCUT2D eigenvalue weighted by atomic mass is 10.1. The molecule has 2 aromatic carbocycles. The number of esters is 1. The van der Waals surface area contributed by atoms with E-state index in [-0.39, 0.29) is 12.3 Å². The van der Waals surface area contributed by atoms with Crippen LogP contribution in [0, 0.1) is 0 Å². The second-order valence-electron chi connectivity index (χ2n) is 6.22. The Hall–Kier alpha value is -2.24. The predicted molar refractivity (Wildman–Crippen MR) is 108 cm³/mol. The van der Waals surface area contributed by atoms with E-state index in [1.165, 1.54) is 4.57 Å². The van der Waals surface area contributed by atoms with Gasteiger partial charge in [0.05, 0.1) is 27.7 Å². The van der Waals surface area contributed by atoms with E-state index < -0.39 is 12.0 Å². The first-order valence-corrected chi connectivity index (χ1v) is 9.50. The standard InChI is InChI=1S/C20H20Cl2N2O3/c1-3-27-19(25)13(2)24-18-7-5-4-6-17(18)23(20(24)26)11-10-14-8-9-15(21)16(22)12-14/h4-9,12-13H,3,10-11H2,1-2H3. The van der Waals surface area contributed by atoms with Crippen molar-refractivity contribution in [3.8, 4) is 0 Å². The summed E-state index contributed by atoms with van der Waals surface area (Å²) in [6.07, 6.45) is 0.610. The van der Waals surface area contributed by atoms with Crippen molar-refractivity contribution in [3.05, 3.63) is 68.6 Å². The fourth-order valence-electron chi connectivity index (χ4n) is 3.13. The molecule has 1 atom stereocenters. The average Bonchev–Trinajstić information content (AvgIpc) is 2.93. The summed E-state index contributed by atoms with van der Waals surface area (Å²) in [6, 6.07) is 12.2. The zero-order valence-electron chi connectivity index (χ0n) is 15.1. The zero-order chi connectivity index (χ0) is 19.6. The van der Waals surface area contributed by atoms with Gasteiger partial charge >= 0.3 is 11.7 Å². The Bertz CT molecular complexity index is 1040. The molecule has 0 spiro atoms. The molecule has 0 saturated carbocycles. The minimum atomic E-state index is -0.700. The molecule has 0 N–H and O–H groups in total. The van der Waals surface area contributed by atoms with Crippen LogP contribution in [-0.4, -0.2) is 21.7 Å². The highest BCUT2D eigenvalue weighted by atomic mass is 35.5. The maximum Gasteiger partial charge on any atom is 0.329 e. The number of carbonyl (C=O) groups is 1. The highest BCUT2D eigenvalue weighted by Crippen LogP contribution is 2.23. The third-order valence-electron chi connectivity index (χ3n) is 4.49. The number of fused-ring (bicyclic) bond motifs is 1. The third kappa shape index (κ3) is 3.89. The Labute approximate surface area is 167 Å². The lowest BCUT2D eigenvalue weighted by Gasteiger charge is -2.12. The van der Waals surface area contributed by atoms with Crippen LogP contribution in [0.25, 0.3) is 11.0 Å². The Morgan fingerprint density at radius 2 is 1.81 bits per heavy atom. The monoisotopic (exact) mass is 406 g/mol. The molecule has 142 valence electrons. The average molecular weight is 407 g/mol. The van der Waals surface area contributed by atoms with E-state index in [2.05, 4.69) is 0 Å². The Morgan fingerprint density at radius 3 is 2.48 bits per heavy atom. The lowest BCUT2D eigenvalue weighted by Crippen LogP contribution is -2.31. The van der Waals surface area contributed by atoms with Gasteiger partial charge in [-0.1, -0.05) is 41.4 Å². The normalized spacial score (nSPS) is 12.3. The molecule has 0 bridgehead atoms.